The van der Waals surface area contributed by atoms with E-state index < -0.39 is 0 Å². The van der Waals surface area contributed by atoms with Gasteiger partial charge in [0.05, 0.1) is 0 Å². The molecule has 19 heavy (non-hydrogen) atoms. The number of ether oxygens (including phenoxy) is 1. The molecule has 0 aliphatic rings. The van der Waals surface area contributed by atoms with Crippen LogP contribution in [0.15, 0.2) is 42.6 Å². The average molecular weight is 259 g/mol. The number of nitrogens with zero attached hydrogens (tertiary/aromatic N) is 2. The van der Waals surface area contributed by atoms with E-state index in [9.17, 15) is 0 Å². The first-order valence-corrected chi connectivity index (χ1v) is 6.75. The minimum Gasteiger partial charge on any atom is -0.382 e. The smallest absolute Gasteiger partial charge is 0.145 e. The summed E-state index contributed by atoms with van der Waals surface area (Å²) in [5, 5.41) is 4.12. The maximum Gasteiger partial charge on any atom is 0.145 e. The normalized spacial score (nSPS) is 10.7. The predicted octanol–water partition coefficient (Wildman–Crippen LogP) is 2.50. The summed E-state index contributed by atoms with van der Waals surface area (Å²) in [6.45, 7) is 2.45. The molecule has 0 aliphatic heterocycles. The number of aromatic nitrogens is 2. The molecule has 0 bridgehead atoms. The zero-order valence-corrected chi connectivity index (χ0v) is 11.2. The number of anilines is 1. The van der Waals surface area contributed by atoms with Crippen molar-refractivity contribution in [2.75, 3.05) is 18.9 Å². The molecule has 0 radical (unpaired) electrons. The molecule has 2 N–H and O–H groups in total. The maximum atomic E-state index is 5.61. The molecule has 0 spiro atoms. The first kappa shape index (κ1) is 13.6. The first-order chi connectivity index (χ1) is 9.34. The van der Waals surface area contributed by atoms with E-state index in [0.29, 0.717) is 5.82 Å². The zero-order valence-electron chi connectivity index (χ0n) is 11.2. The summed E-state index contributed by atoms with van der Waals surface area (Å²) in [7, 11) is 0. The van der Waals surface area contributed by atoms with Gasteiger partial charge in [-0.1, -0.05) is 30.3 Å². The van der Waals surface area contributed by atoms with Crippen LogP contribution in [0.3, 0.4) is 0 Å². The molecular weight excluding hydrogens is 238 g/mol. The van der Waals surface area contributed by atoms with Gasteiger partial charge >= 0.3 is 0 Å². The quantitative estimate of drug-likeness (QED) is 0.741. The molecule has 0 saturated carbocycles. The third-order valence-corrected chi connectivity index (χ3v) is 2.93. The first-order valence-electron chi connectivity index (χ1n) is 6.75. The Morgan fingerprint density at radius 1 is 1.05 bits per heavy atom. The van der Waals surface area contributed by atoms with Crippen LogP contribution in [0.5, 0.6) is 0 Å². The van der Waals surface area contributed by atoms with Crippen molar-refractivity contribution in [3.05, 3.63) is 48.2 Å². The molecule has 1 heterocycles. The van der Waals surface area contributed by atoms with Gasteiger partial charge in [0, 0.05) is 26.0 Å². The van der Waals surface area contributed by atoms with Gasteiger partial charge in [0.25, 0.3) is 0 Å². The fourth-order valence-corrected chi connectivity index (χ4v) is 1.96. The lowest BCUT2D eigenvalue weighted by molar-refractivity contribution is 0.126. The Labute approximate surface area is 114 Å². The average Bonchev–Trinajstić information content (AvgIpc) is 2.85. The van der Waals surface area contributed by atoms with Crippen molar-refractivity contribution in [3.63, 3.8) is 0 Å². The molecule has 2 rings (SSSR count). The van der Waals surface area contributed by atoms with Crippen LogP contribution in [0.1, 0.15) is 18.4 Å². The van der Waals surface area contributed by atoms with Crippen LogP contribution >= 0.6 is 0 Å². The van der Waals surface area contributed by atoms with Crippen LogP contribution < -0.4 is 5.73 Å². The van der Waals surface area contributed by atoms with Crippen LogP contribution in [-0.4, -0.2) is 23.0 Å². The highest BCUT2D eigenvalue weighted by Crippen LogP contribution is 2.02. The topological polar surface area (TPSA) is 53.1 Å². The summed E-state index contributed by atoms with van der Waals surface area (Å²) >= 11 is 0. The Balaban J connectivity index is 1.48. The largest absolute Gasteiger partial charge is 0.382 e. The molecule has 0 atom stereocenters. The third kappa shape index (κ3) is 5.14. The van der Waals surface area contributed by atoms with Crippen molar-refractivity contribution < 1.29 is 4.74 Å². The number of aryl methyl sites for hydroxylation is 2. The zero-order chi connectivity index (χ0) is 13.3. The van der Waals surface area contributed by atoms with Gasteiger partial charge in [0.15, 0.2) is 0 Å². The second-order valence-electron chi connectivity index (χ2n) is 4.56. The molecule has 4 heteroatoms. The van der Waals surface area contributed by atoms with Crippen molar-refractivity contribution in [3.8, 4) is 0 Å². The number of nitrogens with two attached hydrogens (primary N) is 1. The highest BCUT2D eigenvalue weighted by atomic mass is 16.5. The Hall–Kier alpha value is -1.81. The van der Waals surface area contributed by atoms with Crippen LogP contribution in [0.2, 0.25) is 0 Å². The molecule has 102 valence electrons. The fraction of sp³-hybridized carbons (Fsp3) is 0.400. The summed E-state index contributed by atoms with van der Waals surface area (Å²) in [5.41, 5.74) is 6.91. The Morgan fingerprint density at radius 2 is 1.84 bits per heavy atom. The molecule has 4 nitrogen and oxygen atoms in total. The van der Waals surface area contributed by atoms with Crippen molar-refractivity contribution in [2.24, 2.45) is 0 Å². The van der Waals surface area contributed by atoms with E-state index in [1.807, 2.05) is 16.9 Å². The van der Waals surface area contributed by atoms with Crippen molar-refractivity contribution >= 4 is 5.82 Å². The fourth-order valence-electron chi connectivity index (χ4n) is 1.96. The number of nitrogen functional groups attached to an aromatic ring is 1. The second kappa shape index (κ2) is 7.59. The third-order valence-electron chi connectivity index (χ3n) is 2.93. The van der Waals surface area contributed by atoms with E-state index >= 15 is 0 Å². The van der Waals surface area contributed by atoms with Gasteiger partial charge in [0.1, 0.15) is 5.82 Å². The van der Waals surface area contributed by atoms with E-state index in [-0.39, 0.29) is 0 Å². The number of benzene rings is 1. The molecule has 0 aliphatic carbocycles. The van der Waals surface area contributed by atoms with Crippen molar-refractivity contribution in [1.29, 1.82) is 0 Å². The Morgan fingerprint density at radius 3 is 2.58 bits per heavy atom. The SMILES string of the molecule is Nc1ccn(CCCOCCCc2ccccc2)n1. The van der Waals surface area contributed by atoms with Crippen molar-refractivity contribution in [2.45, 2.75) is 25.8 Å². The predicted molar refractivity (Wildman–Crippen MR) is 76.8 cm³/mol. The summed E-state index contributed by atoms with van der Waals surface area (Å²) < 4.78 is 7.46. The molecule has 1 aromatic heterocycles. The molecule has 0 amide bonds. The number of hydrogen-bond donors (Lipinski definition) is 1. The molecule has 1 aromatic carbocycles. The van der Waals surface area contributed by atoms with Gasteiger partial charge in [0.2, 0.25) is 0 Å². The standard InChI is InChI=1S/C15H21N3O/c16-15-9-11-18(17-15)10-5-13-19-12-4-8-14-6-2-1-3-7-14/h1-3,6-7,9,11H,4-5,8,10,12-13H2,(H2,16,17). The molecule has 0 fully saturated rings. The van der Waals surface area contributed by atoms with Crippen molar-refractivity contribution in [1.82, 2.24) is 9.78 Å². The van der Waals surface area contributed by atoms with Gasteiger partial charge in [-0.05, 0) is 30.9 Å². The lowest BCUT2D eigenvalue weighted by Gasteiger charge is -2.05. The second-order valence-corrected chi connectivity index (χ2v) is 4.56. The lowest BCUT2D eigenvalue weighted by Crippen LogP contribution is -2.05. The Kier molecular flexibility index (Phi) is 5.44. The van der Waals surface area contributed by atoms with Crippen LogP contribution in [0.25, 0.3) is 0 Å². The number of hydrogen-bond acceptors (Lipinski definition) is 3. The van der Waals surface area contributed by atoms with Crippen LogP contribution in [0, 0.1) is 0 Å². The van der Waals surface area contributed by atoms with E-state index in [1.54, 1.807) is 6.07 Å². The van der Waals surface area contributed by atoms with Gasteiger partial charge in [-0.15, -0.1) is 0 Å². The highest BCUT2D eigenvalue weighted by Gasteiger charge is 1.95. The minimum absolute atomic E-state index is 0.573. The summed E-state index contributed by atoms with van der Waals surface area (Å²) in [6.07, 6.45) is 5.01. The molecule has 0 saturated heterocycles. The number of rotatable bonds is 8. The molecule has 0 unspecified atom stereocenters. The molecule has 2 aromatic rings. The van der Waals surface area contributed by atoms with E-state index in [1.165, 1.54) is 5.56 Å². The van der Waals surface area contributed by atoms with Gasteiger partial charge < -0.3 is 10.5 Å². The van der Waals surface area contributed by atoms with Gasteiger partial charge in [-0.3, -0.25) is 4.68 Å². The van der Waals surface area contributed by atoms with Crippen LogP contribution in [-0.2, 0) is 17.7 Å². The minimum atomic E-state index is 0.573. The molecular formula is C15H21N3O. The summed E-state index contributed by atoms with van der Waals surface area (Å²) in [4.78, 5) is 0. The van der Waals surface area contributed by atoms with Gasteiger partial charge in [-0.2, -0.15) is 5.10 Å². The lowest BCUT2D eigenvalue weighted by atomic mass is 10.1. The van der Waals surface area contributed by atoms with Crippen LogP contribution in [0.4, 0.5) is 5.82 Å². The van der Waals surface area contributed by atoms with E-state index in [2.05, 4.69) is 29.4 Å². The highest BCUT2D eigenvalue weighted by molar-refractivity contribution is 5.23. The van der Waals surface area contributed by atoms with E-state index in [4.69, 9.17) is 10.5 Å². The monoisotopic (exact) mass is 259 g/mol. The maximum absolute atomic E-state index is 5.61. The van der Waals surface area contributed by atoms with Gasteiger partial charge in [-0.25, -0.2) is 0 Å². The van der Waals surface area contributed by atoms with E-state index in [0.717, 1.165) is 39.0 Å². The Bertz CT molecular complexity index is 467. The summed E-state index contributed by atoms with van der Waals surface area (Å²) in [6, 6.07) is 12.3. The summed E-state index contributed by atoms with van der Waals surface area (Å²) in [5.74, 6) is 0.573.